The van der Waals surface area contributed by atoms with Gasteiger partial charge in [-0.3, -0.25) is 16.0 Å². The average molecular weight is 228 g/mol. The lowest BCUT2D eigenvalue weighted by atomic mass is 10.1. The van der Waals surface area contributed by atoms with Crippen LogP contribution in [-0.2, 0) is 0 Å². The average Bonchev–Trinajstić information content (AvgIpc) is 2.13. The van der Waals surface area contributed by atoms with Crippen molar-refractivity contribution in [3.05, 3.63) is 0 Å². The minimum absolute atomic E-state index is 0.0399. The van der Waals surface area contributed by atoms with Crippen molar-refractivity contribution in [3.63, 3.8) is 0 Å². The zero-order valence-electron chi connectivity index (χ0n) is 11.5. The summed E-state index contributed by atoms with van der Waals surface area (Å²) in [5.41, 5.74) is 5.86. The van der Waals surface area contributed by atoms with Crippen molar-refractivity contribution in [2.24, 2.45) is 5.73 Å². The van der Waals surface area contributed by atoms with Crippen LogP contribution in [-0.4, -0.2) is 18.0 Å². The van der Waals surface area contributed by atoms with Gasteiger partial charge < -0.3 is 0 Å². The lowest BCUT2D eigenvalue weighted by Crippen LogP contribution is -2.80. The van der Waals surface area contributed by atoms with Crippen molar-refractivity contribution in [1.82, 2.24) is 5.32 Å². The van der Waals surface area contributed by atoms with Crippen LogP contribution in [0, 0.1) is 0 Å². The Kier molecular flexibility index (Phi) is 8.04. The Labute approximate surface area is 101 Å². The van der Waals surface area contributed by atoms with E-state index in [4.69, 9.17) is 5.73 Å². The van der Waals surface area contributed by atoms with Crippen LogP contribution < -0.4 is 16.0 Å². The molecule has 0 aliphatic carbocycles. The second-order valence-corrected chi connectivity index (χ2v) is 5.48. The summed E-state index contributed by atoms with van der Waals surface area (Å²) < 4.78 is 0. The minimum Gasteiger partial charge on any atom is -0.291 e. The highest BCUT2D eigenvalue weighted by atomic mass is 15.1. The molecule has 0 rings (SSSR count). The van der Waals surface area contributed by atoms with Gasteiger partial charge in [0.2, 0.25) is 0 Å². The molecule has 3 heteroatoms. The highest BCUT2D eigenvalue weighted by Gasteiger charge is 2.14. The van der Waals surface area contributed by atoms with Crippen molar-refractivity contribution in [2.45, 2.75) is 71.8 Å². The van der Waals surface area contributed by atoms with E-state index < -0.39 is 0 Å². The predicted molar refractivity (Wildman–Crippen MR) is 71.3 cm³/mol. The van der Waals surface area contributed by atoms with Crippen molar-refractivity contribution in [3.8, 4) is 0 Å². The summed E-state index contributed by atoms with van der Waals surface area (Å²) in [7, 11) is 0. The van der Waals surface area contributed by atoms with E-state index in [9.17, 15) is 0 Å². The fourth-order valence-electron chi connectivity index (χ4n) is 1.58. The molecule has 0 aromatic carbocycles. The summed E-state index contributed by atoms with van der Waals surface area (Å²) >= 11 is 0. The summed E-state index contributed by atoms with van der Waals surface area (Å²) in [5.74, 6) is 0.695. The smallest absolute Gasteiger partial charge is 0.291 e. The lowest BCUT2D eigenvalue weighted by Gasteiger charge is -2.15. The van der Waals surface area contributed by atoms with Crippen molar-refractivity contribution in [1.29, 1.82) is 0 Å². The molecule has 0 aromatic rings. The van der Waals surface area contributed by atoms with E-state index in [1.165, 1.54) is 38.5 Å². The number of nitrogens with one attached hydrogen (secondary N) is 2. The number of hydrogen-bond donors (Lipinski definition) is 3. The molecule has 0 heterocycles. The first-order valence-electron chi connectivity index (χ1n) is 6.60. The molecular formula is C13H30N3+. The molecule has 0 amide bonds. The van der Waals surface area contributed by atoms with Crippen LogP contribution in [0.5, 0.6) is 0 Å². The fraction of sp³-hybridized carbons (Fsp3) is 0.923. The van der Waals surface area contributed by atoms with Gasteiger partial charge in [-0.2, -0.15) is 0 Å². The third-order valence-corrected chi connectivity index (χ3v) is 2.36. The van der Waals surface area contributed by atoms with Gasteiger partial charge in [-0.1, -0.05) is 39.0 Å². The van der Waals surface area contributed by atoms with E-state index in [0.29, 0.717) is 5.96 Å². The highest BCUT2D eigenvalue weighted by Crippen LogP contribution is 2.03. The number of hydrogen-bond acceptors (Lipinski definition) is 0. The van der Waals surface area contributed by atoms with Gasteiger partial charge in [-0.25, -0.2) is 0 Å². The van der Waals surface area contributed by atoms with Crippen molar-refractivity contribution < 1.29 is 4.99 Å². The zero-order chi connectivity index (χ0) is 12.4. The van der Waals surface area contributed by atoms with Crippen LogP contribution in [0.3, 0.4) is 0 Å². The molecular weight excluding hydrogens is 198 g/mol. The van der Waals surface area contributed by atoms with E-state index in [1.54, 1.807) is 0 Å². The maximum absolute atomic E-state index is 5.82. The molecule has 3 nitrogen and oxygen atoms in total. The first kappa shape index (κ1) is 15.3. The number of nitrogens with two attached hydrogens (primary N) is 1. The molecule has 96 valence electrons. The summed E-state index contributed by atoms with van der Waals surface area (Å²) in [6, 6.07) is 0. The maximum Gasteiger partial charge on any atom is 0.341 e. The van der Waals surface area contributed by atoms with Crippen LogP contribution in [0.15, 0.2) is 0 Å². The van der Waals surface area contributed by atoms with Gasteiger partial charge in [-0.05, 0) is 27.2 Å². The van der Waals surface area contributed by atoms with Gasteiger partial charge >= 0.3 is 5.96 Å². The molecule has 0 saturated carbocycles. The molecule has 0 aromatic heterocycles. The van der Waals surface area contributed by atoms with E-state index >= 15 is 0 Å². The maximum atomic E-state index is 5.82. The van der Waals surface area contributed by atoms with Gasteiger partial charge in [0, 0.05) is 0 Å². The predicted octanol–water partition coefficient (Wildman–Crippen LogP) is 1.13. The number of unbranched alkanes of at least 4 members (excludes halogenated alkanes) is 5. The highest BCUT2D eigenvalue weighted by molar-refractivity contribution is 5.72. The Hall–Kier alpha value is -0.730. The van der Waals surface area contributed by atoms with Gasteiger partial charge in [0.25, 0.3) is 0 Å². The first-order valence-corrected chi connectivity index (χ1v) is 6.60. The molecule has 0 bridgehead atoms. The molecule has 0 aliphatic heterocycles. The Balaban J connectivity index is 3.45. The van der Waals surface area contributed by atoms with Crippen LogP contribution in [0.2, 0.25) is 0 Å². The standard InChI is InChI=1S/C13H29N3/c1-5-6-7-8-9-10-11-15-12(14)16-13(2,3)4/h5-11H2,1-4H3,(H3,14,15,16)/p+1. The molecule has 0 radical (unpaired) electrons. The zero-order valence-corrected chi connectivity index (χ0v) is 11.5. The molecule has 4 N–H and O–H groups in total. The summed E-state index contributed by atoms with van der Waals surface area (Å²) in [6.45, 7) is 9.53. The van der Waals surface area contributed by atoms with Crippen LogP contribution in [0.25, 0.3) is 0 Å². The van der Waals surface area contributed by atoms with Crippen LogP contribution >= 0.6 is 0 Å². The minimum atomic E-state index is 0.0399. The molecule has 0 unspecified atom stereocenters. The summed E-state index contributed by atoms with van der Waals surface area (Å²) in [4.78, 5) is 3.21. The monoisotopic (exact) mass is 228 g/mol. The van der Waals surface area contributed by atoms with Crippen LogP contribution in [0.1, 0.15) is 66.2 Å². The van der Waals surface area contributed by atoms with Crippen molar-refractivity contribution in [2.75, 3.05) is 6.54 Å². The van der Waals surface area contributed by atoms with Gasteiger partial charge in [0.05, 0.1) is 12.1 Å². The van der Waals surface area contributed by atoms with E-state index in [1.807, 2.05) is 0 Å². The number of rotatable bonds is 7. The second-order valence-electron chi connectivity index (χ2n) is 5.48. The van der Waals surface area contributed by atoms with E-state index in [-0.39, 0.29) is 5.54 Å². The third kappa shape index (κ3) is 11.3. The normalized spacial score (nSPS) is 12.9. The van der Waals surface area contributed by atoms with Gasteiger partial charge in [0.1, 0.15) is 0 Å². The Bertz CT molecular complexity index is 192. The first-order chi connectivity index (χ1) is 7.45. The van der Waals surface area contributed by atoms with Crippen LogP contribution in [0.4, 0.5) is 0 Å². The SMILES string of the molecule is CCCCCCCC[NH+]=C(N)NC(C)(C)C. The third-order valence-electron chi connectivity index (χ3n) is 2.36. The molecule has 0 spiro atoms. The second kappa shape index (κ2) is 8.43. The quantitative estimate of drug-likeness (QED) is 0.348. The Morgan fingerprint density at radius 3 is 2.19 bits per heavy atom. The van der Waals surface area contributed by atoms with Gasteiger partial charge in [-0.15, -0.1) is 0 Å². The van der Waals surface area contributed by atoms with Crippen molar-refractivity contribution >= 4 is 5.96 Å². The lowest BCUT2D eigenvalue weighted by molar-refractivity contribution is -0.461. The largest absolute Gasteiger partial charge is 0.341 e. The molecule has 0 saturated heterocycles. The molecule has 0 fully saturated rings. The molecule has 0 atom stereocenters. The Morgan fingerprint density at radius 2 is 1.62 bits per heavy atom. The summed E-state index contributed by atoms with van der Waals surface area (Å²) in [6.07, 6.45) is 7.91. The fourth-order valence-corrected chi connectivity index (χ4v) is 1.58. The number of guanidine groups is 1. The molecule has 16 heavy (non-hydrogen) atoms. The molecule has 0 aliphatic rings. The van der Waals surface area contributed by atoms with Gasteiger partial charge in [0.15, 0.2) is 0 Å². The van der Waals surface area contributed by atoms with E-state index in [0.717, 1.165) is 6.54 Å². The topological polar surface area (TPSA) is 52.0 Å². The van der Waals surface area contributed by atoms with E-state index in [2.05, 4.69) is 38.0 Å². The Morgan fingerprint density at radius 1 is 1.06 bits per heavy atom. The summed E-state index contributed by atoms with van der Waals surface area (Å²) in [5, 5.41) is 3.21.